The zero-order chi connectivity index (χ0) is 13.7. The molecular formula is C13H12FN3O2. The van der Waals surface area contributed by atoms with E-state index in [0.29, 0.717) is 6.54 Å². The third kappa shape index (κ3) is 3.32. The molecule has 19 heavy (non-hydrogen) atoms. The van der Waals surface area contributed by atoms with Crippen LogP contribution >= 0.6 is 0 Å². The van der Waals surface area contributed by atoms with Crippen LogP contribution in [0, 0.1) is 15.9 Å². The number of halogens is 1. The molecule has 0 saturated carbocycles. The monoisotopic (exact) mass is 261 g/mol. The quantitative estimate of drug-likeness (QED) is 0.663. The summed E-state index contributed by atoms with van der Waals surface area (Å²) in [6.45, 7) is 0.748. The van der Waals surface area contributed by atoms with Gasteiger partial charge in [0.25, 0.3) is 0 Å². The maximum Gasteiger partial charge on any atom is 0.305 e. The Morgan fingerprint density at radius 1 is 1.26 bits per heavy atom. The molecule has 0 spiro atoms. The number of nitro benzene ring substituents is 1. The average molecular weight is 261 g/mol. The Labute approximate surface area is 109 Å². The van der Waals surface area contributed by atoms with E-state index in [1.807, 2.05) is 12.1 Å². The average Bonchev–Trinajstić information content (AvgIpc) is 2.41. The maximum atomic E-state index is 13.8. The summed E-state index contributed by atoms with van der Waals surface area (Å²) in [5, 5.41) is 13.6. The van der Waals surface area contributed by atoms with Gasteiger partial charge in [-0.2, -0.15) is 4.39 Å². The van der Waals surface area contributed by atoms with Crippen molar-refractivity contribution < 1.29 is 9.31 Å². The van der Waals surface area contributed by atoms with Gasteiger partial charge in [-0.25, -0.2) is 0 Å². The zero-order valence-corrected chi connectivity index (χ0v) is 10.0. The third-order valence-electron chi connectivity index (χ3n) is 2.62. The third-order valence-corrected chi connectivity index (χ3v) is 2.62. The molecule has 98 valence electrons. The van der Waals surface area contributed by atoms with Crippen LogP contribution in [0.5, 0.6) is 0 Å². The van der Waals surface area contributed by atoms with Gasteiger partial charge in [0.15, 0.2) is 0 Å². The molecule has 6 heteroatoms. The van der Waals surface area contributed by atoms with E-state index in [1.54, 1.807) is 12.4 Å². The van der Waals surface area contributed by atoms with E-state index in [1.165, 1.54) is 12.1 Å². The Balaban J connectivity index is 2.00. The number of nitrogens with one attached hydrogen (secondary N) is 1. The van der Waals surface area contributed by atoms with Crippen LogP contribution in [0.2, 0.25) is 0 Å². The fourth-order valence-electron chi connectivity index (χ4n) is 1.69. The van der Waals surface area contributed by atoms with Crippen LogP contribution in [-0.2, 0) is 13.1 Å². The number of hydrogen-bond donors (Lipinski definition) is 1. The van der Waals surface area contributed by atoms with Gasteiger partial charge in [-0.1, -0.05) is 18.2 Å². The Morgan fingerprint density at radius 3 is 2.79 bits per heavy atom. The molecule has 0 amide bonds. The number of aromatic nitrogens is 1. The van der Waals surface area contributed by atoms with E-state index < -0.39 is 16.4 Å². The summed E-state index contributed by atoms with van der Waals surface area (Å²) < 4.78 is 13.8. The normalized spacial score (nSPS) is 10.4. The van der Waals surface area contributed by atoms with Gasteiger partial charge in [0.2, 0.25) is 5.82 Å². The van der Waals surface area contributed by atoms with Gasteiger partial charge >= 0.3 is 5.69 Å². The molecule has 0 bridgehead atoms. The number of pyridine rings is 1. The summed E-state index contributed by atoms with van der Waals surface area (Å²) >= 11 is 0. The summed E-state index contributed by atoms with van der Waals surface area (Å²) in [5.41, 5.74) is 0.743. The second kappa shape index (κ2) is 6.01. The van der Waals surface area contributed by atoms with Crippen molar-refractivity contribution in [3.8, 4) is 0 Å². The second-order valence-electron chi connectivity index (χ2n) is 3.97. The van der Waals surface area contributed by atoms with Crippen molar-refractivity contribution in [1.82, 2.24) is 10.3 Å². The van der Waals surface area contributed by atoms with Gasteiger partial charge in [0.05, 0.1) is 4.92 Å². The molecule has 1 aromatic carbocycles. The van der Waals surface area contributed by atoms with Crippen LogP contribution in [-0.4, -0.2) is 9.91 Å². The molecule has 0 atom stereocenters. The smallest absolute Gasteiger partial charge is 0.305 e. The number of rotatable bonds is 5. The number of benzene rings is 1. The second-order valence-corrected chi connectivity index (χ2v) is 3.97. The highest BCUT2D eigenvalue weighted by atomic mass is 19.1. The Morgan fingerprint density at radius 2 is 2.11 bits per heavy atom. The summed E-state index contributed by atoms with van der Waals surface area (Å²) in [6, 6.07) is 7.86. The molecule has 0 aliphatic heterocycles. The van der Waals surface area contributed by atoms with Crippen LogP contribution in [0.4, 0.5) is 10.1 Å². The maximum absolute atomic E-state index is 13.8. The zero-order valence-electron chi connectivity index (χ0n) is 10.0. The lowest BCUT2D eigenvalue weighted by atomic mass is 10.2. The Kier molecular flexibility index (Phi) is 4.15. The molecule has 5 nitrogen and oxygen atoms in total. The molecule has 0 aliphatic rings. The molecular weight excluding hydrogens is 249 g/mol. The Bertz CT molecular complexity index is 575. The first kappa shape index (κ1) is 13.1. The number of hydrogen-bond acceptors (Lipinski definition) is 4. The molecule has 1 N–H and O–H groups in total. The van der Waals surface area contributed by atoms with Crippen molar-refractivity contribution in [2.24, 2.45) is 0 Å². The summed E-state index contributed by atoms with van der Waals surface area (Å²) in [7, 11) is 0. The predicted molar refractivity (Wildman–Crippen MR) is 67.8 cm³/mol. The van der Waals surface area contributed by atoms with Crippen LogP contribution < -0.4 is 5.32 Å². The molecule has 0 aliphatic carbocycles. The number of nitrogens with zero attached hydrogens (tertiary/aromatic N) is 2. The van der Waals surface area contributed by atoms with E-state index in [0.717, 1.165) is 11.6 Å². The van der Waals surface area contributed by atoms with E-state index in [4.69, 9.17) is 0 Å². The van der Waals surface area contributed by atoms with Crippen LogP contribution in [0.3, 0.4) is 0 Å². The minimum Gasteiger partial charge on any atom is -0.308 e. The molecule has 0 radical (unpaired) electrons. The number of nitro groups is 1. The minimum atomic E-state index is -0.786. The largest absolute Gasteiger partial charge is 0.308 e. The molecule has 0 fully saturated rings. The van der Waals surface area contributed by atoms with Crippen LogP contribution in [0.15, 0.2) is 42.7 Å². The van der Waals surface area contributed by atoms with Crippen molar-refractivity contribution in [1.29, 1.82) is 0 Å². The lowest BCUT2D eigenvalue weighted by Crippen LogP contribution is -2.14. The standard InChI is InChI=1S/C13H12FN3O2/c14-13-11(4-1-5-12(13)17(18)19)9-16-8-10-3-2-6-15-7-10/h1-7,16H,8-9H2. The van der Waals surface area contributed by atoms with Gasteiger partial charge in [-0.05, 0) is 11.6 Å². The van der Waals surface area contributed by atoms with Gasteiger partial charge in [0, 0.05) is 37.1 Å². The summed E-state index contributed by atoms with van der Waals surface area (Å²) in [6.07, 6.45) is 3.38. The van der Waals surface area contributed by atoms with Gasteiger partial charge in [-0.3, -0.25) is 15.1 Å². The van der Waals surface area contributed by atoms with Crippen molar-refractivity contribution in [2.75, 3.05) is 0 Å². The van der Waals surface area contributed by atoms with E-state index in [9.17, 15) is 14.5 Å². The van der Waals surface area contributed by atoms with Crippen molar-refractivity contribution in [2.45, 2.75) is 13.1 Å². The first-order valence-corrected chi connectivity index (χ1v) is 5.70. The highest BCUT2D eigenvalue weighted by molar-refractivity contribution is 5.36. The fraction of sp³-hybridized carbons (Fsp3) is 0.154. The molecule has 2 rings (SSSR count). The first-order chi connectivity index (χ1) is 9.18. The lowest BCUT2D eigenvalue weighted by molar-refractivity contribution is -0.387. The van der Waals surface area contributed by atoms with E-state index >= 15 is 0 Å². The Hall–Kier alpha value is -2.34. The predicted octanol–water partition coefficient (Wildman–Crippen LogP) is 2.42. The highest BCUT2D eigenvalue weighted by Gasteiger charge is 2.16. The van der Waals surface area contributed by atoms with Gasteiger partial charge < -0.3 is 5.32 Å². The summed E-state index contributed by atoms with van der Waals surface area (Å²) in [4.78, 5) is 13.8. The van der Waals surface area contributed by atoms with Crippen LogP contribution in [0.25, 0.3) is 0 Å². The minimum absolute atomic E-state index is 0.225. The highest BCUT2D eigenvalue weighted by Crippen LogP contribution is 2.19. The SMILES string of the molecule is O=[N+]([O-])c1cccc(CNCc2cccnc2)c1F. The summed E-state index contributed by atoms with van der Waals surface area (Å²) in [5.74, 6) is -0.786. The van der Waals surface area contributed by atoms with Crippen LogP contribution in [0.1, 0.15) is 11.1 Å². The first-order valence-electron chi connectivity index (χ1n) is 5.70. The van der Waals surface area contributed by atoms with Crippen molar-refractivity contribution in [3.63, 3.8) is 0 Å². The fourth-order valence-corrected chi connectivity index (χ4v) is 1.69. The molecule has 0 saturated heterocycles. The lowest BCUT2D eigenvalue weighted by Gasteiger charge is -2.06. The molecule has 1 aromatic heterocycles. The molecule has 1 heterocycles. The molecule has 2 aromatic rings. The van der Waals surface area contributed by atoms with E-state index in [2.05, 4.69) is 10.3 Å². The van der Waals surface area contributed by atoms with Crippen molar-refractivity contribution >= 4 is 5.69 Å². The molecule has 0 unspecified atom stereocenters. The topological polar surface area (TPSA) is 68.1 Å². The van der Waals surface area contributed by atoms with Gasteiger partial charge in [-0.15, -0.1) is 0 Å². The van der Waals surface area contributed by atoms with Gasteiger partial charge in [0.1, 0.15) is 0 Å². The van der Waals surface area contributed by atoms with Crippen molar-refractivity contribution in [3.05, 3.63) is 69.8 Å². The van der Waals surface area contributed by atoms with E-state index in [-0.39, 0.29) is 12.1 Å².